The fourth-order valence-electron chi connectivity index (χ4n) is 0.556. The molecule has 0 fully saturated rings. The highest BCUT2D eigenvalue weighted by molar-refractivity contribution is 4.46. The average molecular weight is 163 g/mol. The van der Waals surface area contributed by atoms with Gasteiger partial charge in [-0.1, -0.05) is 0 Å². The SMILES string of the molecule is NCCNCCNOCCO. The van der Waals surface area contributed by atoms with Crippen LogP contribution in [-0.2, 0) is 4.84 Å². The lowest BCUT2D eigenvalue weighted by atomic mass is 10.6. The van der Waals surface area contributed by atoms with Crippen LogP contribution in [0.1, 0.15) is 0 Å². The van der Waals surface area contributed by atoms with Crippen LogP contribution in [0.25, 0.3) is 0 Å². The maximum absolute atomic E-state index is 8.31. The van der Waals surface area contributed by atoms with Crippen LogP contribution in [0.5, 0.6) is 0 Å². The summed E-state index contributed by atoms with van der Waals surface area (Å²) in [5.41, 5.74) is 7.93. The third-order valence-corrected chi connectivity index (χ3v) is 1.02. The van der Waals surface area contributed by atoms with E-state index in [2.05, 4.69) is 10.8 Å². The largest absolute Gasteiger partial charge is 0.394 e. The van der Waals surface area contributed by atoms with E-state index in [1.807, 2.05) is 0 Å². The molecular weight excluding hydrogens is 146 g/mol. The molecule has 11 heavy (non-hydrogen) atoms. The molecule has 0 aromatic rings. The summed E-state index contributed by atoms with van der Waals surface area (Å²) in [4.78, 5) is 4.79. The van der Waals surface area contributed by atoms with Gasteiger partial charge in [-0.15, -0.1) is 0 Å². The summed E-state index contributed by atoms with van der Waals surface area (Å²) in [5, 5.41) is 11.4. The molecule has 0 rings (SSSR count). The Morgan fingerprint density at radius 1 is 1.27 bits per heavy atom. The van der Waals surface area contributed by atoms with Gasteiger partial charge in [0.1, 0.15) is 0 Å². The molecule has 0 aliphatic heterocycles. The van der Waals surface area contributed by atoms with Crippen molar-refractivity contribution in [2.45, 2.75) is 0 Å². The summed E-state index contributed by atoms with van der Waals surface area (Å²) in [5.74, 6) is 0. The number of aliphatic hydroxyl groups is 1. The van der Waals surface area contributed by atoms with E-state index in [0.29, 0.717) is 13.2 Å². The summed E-state index contributed by atoms with van der Waals surface area (Å²) < 4.78 is 0. The first-order valence-electron chi connectivity index (χ1n) is 3.78. The first kappa shape index (κ1) is 10.8. The molecule has 5 N–H and O–H groups in total. The van der Waals surface area contributed by atoms with Gasteiger partial charge in [-0.3, -0.25) is 4.84 Å². The minimum Gasteiger partial charge on any atom is -0.394 e. The molecule has 0 saturated heterocycles. The van der Waals surface area contributed by atoms with Gasteiger partial charge in [0, 0.05) is 26.2 Å². The number of hydrogen-bond acceptors (Lipinski definition) is 5. The number of nitrogens with two attached hydrogens (primary N) is 1. The third-order valence-electron chi connectivity index (χ3n) is 1.02. The first-order chi connectivity index (χ1) is 5.41. The van der Waals surface area contributed by atoms with Gasteiger partial charge in [0.25, 0.3) is 0 Å². The van der Waals surface area contributed by atoms with Crippen molar-refractivity contribution in [1.29, 1.82) is 0 Å². The molecule has 0 heterocycles. The maximum Gasteiger partial charge on any atom is 0.0913 e. The maximum atomic E-state index is 8.31. The van der Waals surface area contributed by atoms with Gasteiger partial charge in [-0.05, 0) is 0 Å². The Bertz CT molecular complexity index is 64.8. The van der Waals surface area contributed by atoms with E-state index in [1.54, 1.807) is 0 Å². The fraction of sp³-hybridized carbons (Fsp3) is 1.00. The normalized spacial score (nSPS) is 10.4. The highest BCUT2D eigenvalue weighted by Gasteiger charge is 1.85. The molecule has 0 aromatic carbocycles. The Labute approximate surface area is 66.9 Å². The number of hydrogen-bond donors (Lipinski definition) is 4. The molecule has 68 valence electrons. The summed E-state index contributed by atoms with van der Waals surface area (Å²) in [7, 11) is 0. The lowest BCUT2D eigenvalue weighted by Gasteiger charge is -2.04. The van der Waals surface area contributed by atoms with Gasteiger partial charge in [-0.2, -0.15) is 0 Å². The van der Waals surface area contributed by atoms with Crippen LogP contribution in [0.15, 0.2) is 0 Å². The molecule has 0 unspecified atom stereocenters. The smallest absolute Gasteiger partial charge is 0.0913 e. The minimum atomic E-state index is 0.0449. The summed E-state index contributed by atoms with van der Waals surface area (Å²) in [6.45, 7) is 3.39. The Balaban J connectivity index is 2.69. The van der Waals surface area contributed by atoms with E-state index in [0.717, 1.165) is 19.6 Å². The van der Waals surface area contributed by atoms with E-state index in [4.69, 9.17) is 15.7 Å². The van der Waals surface area contributed by atoms with Crippen molar-refractivity contribution in [2.24, 2.45) is 5.73 Å². The second-order valence-electron chi connectivity index (χ2n) is 2.01. The molecule has 0 saturated carbocycles. The molecule has 0 radical (unpaired) electrons. The molecule has 0 aliphatic rings. The van der Waals surface area contributed by atoms with Crippen LogP contribution in [0.4, 0.5) is 0 Å². The van der Waals surface area contributed by atoms with Gasteiger partial charge >= 0.3 is 0 Å². The van der Waals surface area contributed by atoms with E-state index in [-0.39, 0.29) is 6.61 Å². The summed E-state index contributed by atoms with van der Waals surface area (Å²) in [6, 6.07) is 0. The highest BCUT2D eigenvalue weighted by atomic mass is 16.6. The topological polar surface area (TPSA) is 79.5 Å². The van der Waals surface area contributed by atoms with Crippen LogP contribution >= 0.6 is 0 Å². The van der Waals surface area contributed by atoms with E-state index in [1.165, 1.54) is 0 Å². The van der Waals surface area contributed by atoms with Gasteiger partial charge in [0.15, 0.2) is 0 Å². The first-order valence-corrected chi connectivity index (χ1v) is 3.78. The zero-order valence-corrected chi connectivity index (χ0v) is 6.68. The lowest BCUT2D eigenvalue weighted by molar-refractivity contribution is 0.0184. The van der Waals surface area contributed by atoms with Gasteiger partial charge < -0.3 is 16.2 Å². The van der Waals surface area contributed by atoms with Crippen molar-refractivity contribution in [1.82, 2.24) is 10.8 Å². The lowest BCUT2D eigenvalue weighted by Crippen LogP contribution is -2.31. The van der Waals surface area contributed by atoms with Crippen molar-refractivity contribution in [2.75, 3.05) is 39.4 Å². The quantitative estimate of drug-likeness (QED) is 0.247. The monoisotopic (exact) mass is 163 g/mol. The average Bonchev–Trinajstić information content (AvgIpc) is 2.03. The number of rotatable bonds is 8. The number of hydroxylamine groups is 1. The van der Waals surface area contributed by atoms with E-state index < -0.39 is 0 Å². The fourth-order valence-corrected chi connectivity index (χ4v) is 0.556. The standard InChI is InChI=1S/C6H17N3O2/c7-1-2-8-3-4-9-11-6-5-10/h8-10H,1-7H2. The molecule has 5 nitrogen and oxygen atoms in total. The molecule has 0 amide bonds. The minimum absolute atomic E-state index is 0.0449. The Morgan fingerprint density at radius 2 is 2.09 bits per heavy atom. The molecule has 0 aromatic heterocycles. The molecular formula is C6H17N3O2. The van der Waals surface area contributed by atoms with Gasteiger partial charge in [0.2, 0.25) is 0 Å². The number of aliphatic hydroxyl groups excluding tert-OH is 1. The Morgan fingerprint density at radius 3 is 2.73 bits per heavy atom. The molecule has 0 spiro atoms. The highest BCUT2D eigenvalue weighted by Crippen LogP contribution is 1.64. The molecule has 5 heteroatoms. The summed E-state index contributed by atoms with van der Waals surface area (Å²) in [6.07, 6.45) is 0. The Kier molecular flexibility index (Phi) is 9.62. The Hall–Kier alpha value is -0.200. The predicted molar refractivity (Wildman–Crippen MR) is 43.0 cm³/mol. The predicted octanol–water partition coefficient (Wildman–Crippen LogP) is -1.95. The van der Waals surface area contributed by atoms with Crippen molar-refractivity contribution < 1.29 is 9.94 Å². The van der Waals surface area contributed by atoms with Gasteiger partial charge in [-0.25, -0.2) is 5.48 Å². The molecule has 0 bridgehead atoms. The van der Waals surface area contributed by atoms with E-state index in [9.17, 15) is 0 Å². The van der Waals surface area contributed by atoms with Crippen LogP contribution < -0.4 is 16.5 Å². The van der Waals surface area contributed by atoms with Gasteiger partial charge in [0.05, 0.1) is 13.2 Å². The second-order valence-corrected chi connectivity index (χ2v) is 2.01. The van der Waals surface area contributed by atoms with Crippen molar-refractivity contribution >= 4 is 0 Å². The zero-order chi connectivity index (χ0) is 8.36. The van der Waals surface area contributed by atoms with Crippen molar-refractivity contribution in [3.8, 4) is 0 Å². The van der Waals surface area contributed by atoms with Crippen LogP contribution in [0.2, 0.25) is 0 Å². The second kappa shape index (κ2) is 9.80. The summed E-state index contributed by atoms with van der Waals surface area (Å²) >= 11 is 0. The van der Waals surface area contributed by atoms with Crippen LogP contribution in [0, 0.1) is 0 Å². The van der Waals surface area contributed by atoms with E-state index >= 15 is 0 Å². The molecule has 0 atom stereocenters. The molecule has 0 aliphatic carbocycles. The van der Waals surface area contributed by atoms with Crippen LogP contribution in [0.3, 0.4) is 0 Å². The van der Waals surface area contributed by atoms with Crippen molar-refractivity contribution in [3.05, 3.63) is 0 Å². The van der Waals surface area contributed by atoms with Crippen molar-refractivity contribution in [3.63, 3.8) is 0 Å². The van der Waals surface area contributed by atoms with Crippen LogP contribution in [-0.4, -0.2) is 44.5 Å². The third kappa shape index (κ3) is 9.80. The zero-order valence-electron chi connectivity index (χ0n) is 6.68. The number of nitrogens with one attached hydrogen (secondary N) is 2.